The summed E-state index contributed by atoms with van der Waals surface area (Å²) < 4.78 is 23.9. The summed E-state index contributed by atoms with van der Waals surface area (Å²) in [6.45, 7) is 3.83. The summed E-state index contributed by atoms with van der Waals surface area (Å²) in [5, 5.41) is 12.1. The molecule has 20 heavy (non-hydrogen) atoms. The van der Waals surface area contributed by atoms with Gasteiger partial charge in [-0.2, -0.15) is 0 Å². The summed E-state index contributed by atoms with van der Waals surface area (Å²) in [4.78, 5) is 0. The lowest BCUT2D eigenvalue weighted by Gasteiger charge is -2.03. The average molecular weight is 297 g/mol. The van der Waals surface area contributed by atoms with Crippen molar-refractivity contribution in [2.45, 2.75) is 13.5 Å². The Labute approximate surface area is 120 Å². The highest BCUT2D eigenvalue weighted by Crippen LogP contribution is 2.27. The van der Waals surface area contributed by atoms with Crippen molar-refractivity contribution in [3.8, 4) is 10.9 Å². The highest BCUT2D eigenvalue weighted by Gasteiger charge is 2.09. The van der Waals surface area contributed by atoms with Crippen LogP contribution in [0.5, 0.6) is 10.9 Å². The van der Waals surface area contributed by atoms with Gasteiger partial charge in [0.1, 0.15) is 5.01 Å². The van der Waals surface area contributed by atoms with Crippen molar-refractivity contribution in [2.75, 3.05) is 20.3 Å². The van der Waals surface area contributed by atoms with E-state index in [1.54, 1.807) is 19.2 Å². The minimum atomic E-state index is -0.412. The molecular formula is C13H16FN3O2S. The van der Waals surface area contributed by atoms with E-state index in [1.165, 1.54) is 17.4 Å². The molecule has 0 saturated heterocycles. The van der Waals surface area contributed by atoms with Crippen LogP contribution in [0.1, 0.15) is 10.6 Å². The number of benzene rings is 1. The SMILES string of the molecule is COCCNCc1nnc(Oc2cc(C)ccc2F)s1. The minimum Gasteiger partial charge on any atom is -0.427 e. The largest absolute Gasteiger partial charge is 0.427 e. The van der Waals surface area contributed by atoms with E-state index in [1.807, 2.05) is 6.92 Å². The summed E-state index contributed by atoms with van der Waals surface area (Å²) in [5.74, 6) is -0.245. The molecular weight excluding hydrogens is 281 g/mol. The lowest BCUT2D eigenvalue weighted by molar-refractivity contribution is 0.199. The number of ether oxygens (including phenoxy) is 2. The number of hydrogen-bond acceptors (Lipinski definition) is 6. The van der Waals surface area contributed by atoms with Gasteiger partial charge in [-0.25, -0.2) is 4.39 Å². The van der Waals surface area contributed by atoms with Crippen molar-refractivity contribution in [1.82, 2.24) is 15.5 Å². The van der Waals surface area contributed by atoms with E-state index < -0.39 is 5.82 Å². The summed E-state index contributed by atoms with van der Waals surface area (Å²) in [6, 6.07) is 4.69. The molecule has 0 radical (unpaired) electrons. The fraction of sp³-hybridized carbons (Fsp3) is 0.385. The first-order valence-electron chi connectivity index (χ1n) is 6.15. The first kappa shape index (κ1) is 14.8. The van der Waals surface area contributed by atoms with E-state index in [0.717, 1.165) is 17.1 Å². The van der Waals surface area contributed by atoms with Gasteiger partial charge in [0.2, 0.25) is 0 Å². The molecule has 0 spiro atoms. The third-order valence-corrected chi connectivity index (χ3v) is 3.29. The van der Waals surface area contributed by atoms with Gasteiger partial charge < -0.3 is 14.8 Å². The predicted octanol–water partition coefficient (Wildman–Crippen LogP) is 2.51. The topological polar surface area (TPSA) is 56.3 Å². The molecule has 0 aliphatic rings. The van der Waals surface area contributed by atoms with Crippen molar-refractivity contribution < 1.29 is 13.9 Å². The van der Waals surface area contributed by atoms with E-state index in [2.05, 4.69) is 15.5 Å². The third-order valence-electron chi connectivity index (χ3n) is 2.49. The van der Waals surface area contributed by atoms with Gasteiger partial charge in [-0.3, -0.25) is 0 Å². The second kappa shape index (κ2) is 7.28. The molecule has 0 bridgehead atoms. The van der Waals surface area contributed by atoms with E-state index in [-0.39, 0.29) is 5.75 Å². The first-order valence-corrected chi connectivity index (χ1v) is 6.96. The lowest BCUT2D eigenvalue weighted by atomic mass is 10.2. The highest BCUT2D eigenvalue weighted by molar-refractivity contribution is 7.13. The Morgan fingerprint density at radius 1 is 1.35 bits per heavy atom. The van der Waals surface area contributed by atoms with Crippen LogP contribution in [0.4, 0.5) is 4.39 Å². The number of methoxy groups -OCH3 is 1. The molecule has 0 unspecified atom stereocenters. The molecule has 2 rings (SSSR count). The average Bonchev–Trinajstić information content (AvgIpc) is 2.87. The molecule has 7 heteroatoms. The molecule has 0 aliphatic carbocycles. The zero-order chi connectivity index (χ0) is 14.4. The molecule has 0 saturated carbocycles. The molecule has 0 aliphatic heterocycles. The number of nitrogens with zero attached hydrogens (tertiary/aromatic N) is 2. The van der Waals surface area contributed by atoms with Gasteiger partial charge in [0.05, 0.1) is 6.61 Å². The van der Waals surface area contributed by atoms with Crippen LogP contribution in [0.15, 0.2) is 18.2 Å². The van der Waals surface area contributed by atoms with Gasteiger partial charge in [0.15, 0.2) is 11.6 Å². The Morgan fingerprint density at radius 2 is 2.20 bits per heavy atom. The van der Waals surface area contributed by atoms with Gasteiger partial charge >= 0.3 is 0 Å². The summed E-state index contributed by atoms with van der Waals surface area (Å²) in [6.07, 6.45) is 0. The normalized spacial score (nSPS) is 10.8. The second-order valence-corrected chi connectivity index (χ2v) is 5.19. The summed E-state index contributed by atoms with van der Waals surface area (Å²) >= 11 is 1.29. The van der Waals surface area contributed by atoms with Crippen molar-refractivity contribution in [2.24, 2.45) is 0 Å². The molecule has 5 nitrogen and oxygen atoms in total. The molecule has 1 aromatic heterocycles. The second-order valence-electron chi connectivity index (χ2n) is 4.17. The van der Waals surface area contributed by atoms with Crippen molar-refractivity contribution in [3.63, 3.8) is 0 Å². The Bertz CT molecular complexity index is 562. The van der Waals surface area contributed by atoms with Crippen LogP contribution >= 0.6 is 11.3 Å². The highest BCUT2D eigenvalue weighted by atomic mass is 32.1. The van der Waals surface area contributed by atoms with Crippen LogP contribution in [-0.2, 0) is 11.3 Å². The minimum absolute atomic E-state index is 0.167. The van der Waals surface area contributed by atoms with Crippen LogP contribution < -0.4 is 10.1 Å². The first-order chi connectivity index (χ1) is 9.69. The van der Waals surface area contributed by atoms with Crippen LogP contribution in [-0.4, -0.2) is 30.5 Å². The molecule has 0 fully saturated rings. The maximum atomic E-state index is 13.6. The number of nitrogens with one attached hydrogen (secondary N) is 1. The fourth-order valence-corrected chi connectivity index (χ4v) is 2.17. The van der Waals surface area contributed by atoms with Crippen LogP contribution in [0.3, 0.4) is 0 Å². The zero-order valence-corrected chi connectivity index (χ0v) is 12.2. The zero-order valence-electron chi connectivity index (χ0n) is 11.4. The van der Waals surface area contributed by atoms with E-state index in [9.17, 15) is 4.39 Å². The van der Waals surface area contributed by atoms with E-state index in [4.69, 9.17) is 9.47 Å². The van der Waals surface area contributed by atoms with Crippen molar-refractivity contribution in [3.05, 3.63) is 34.6 Å². The smallest absolute Gasteiger partial charge is 0.299 e. The Kier molecular flexibility index (Phi) is 5.40. The van der Waals surface area contributed by atoms with Crippen molar-refractivity contribution in [1.29, 1.82) is 0 Å². The quantitative estimate of drug-likeness (QED) is 0.796. The van der Waals surface area contributed by atoms with Crippen LogP contribution in [0.25, 0.3) is 0 Å². The van der Waals surface area contributed by atoms with Gasteiger partial charge in [-0.15, -0.1) is 5.10 Å². The summed E-state index contributed by atoms with van der Waals surface area (Å²) in [5.41, 5.74) is 0.923. The maximum Gasteiger partial charge on any atom is 0.299 e. The van der Waals surface area contributed by atoms with Crippen molar-refractivity contribution >= 4 is 11.3 Å². The molecule has 0 amide bonds. The Balaban J connectivity index is 1.93. The van der Waals surface area contributed by atoms with E-state index >= 15 is 0 Å². The predicted molar refractivity (Wildman–Crippen MR) is 74.7 cm³/mol. The van der Waals surface area contributed by atoms with Crippen LogP contribution in [0.2, 0.25) is 0 Å². The molecule has 2 aromatic rings. The molecule has 1 N–H and O–H groups in total. The molecule has 1 heterocycles. The van der Waals surface area contributed by atoms with E-state index in [0.29, 0.717) is 18.3 Å². The Hall–Kier alpha value is -1.57. The molecule has 1 aromatic carbocycles. The van der Waals surface area contributed by atoms with Gasteiger partial charge in [-0.05, 0) is 24.6 Å². The van der Waals surface area contributed by atoms with Gasteiger partial charge in [-0.1, -0.05) is 22.5 Å². The number of halogens is 1. The maximum absolute atomic E-state index is 13.6. The number of rotatable bonds is 7. The number of hydrogen-bond donors (Lipinski definition) is 1. The summed E-state index contributed by atoms with van der Waals surface area (Å²) in [7, 11) is 1.65. The standard InChI is InChI=1S/C13H16FN3O2S/c1-9-3-4-10(14)11(7-9)19-13-17-16-12(20-13)8-15-5-6-18-2/h3-4,7,15H,5-6,8H2,1-2H3. The number of aromatic nitrogens is 2. The Morgan fingerprint density at radius 3 is 3.00 bits per heavy atom. The third kappa shape index (κ3) is 4.22. The lowest BCUT2D eigenvalue weighted by Crippen LogP contribution is -2.18. The number of aryl methyl sites for hydroxylation is 1. The fourth-order valence-electron chi connectivity index (χ4n) is 1.50. The molecule has 0 atom stereocenters. The van der Waals surface area contributed by atoms with Gasteiger partial charge in [0.25, 0.3) is 5.19 Å². The molecule has 108 valence electrons. The van der Waals surface area contributed by atoms with Crippen LogP contribution in [0, 0.1) is 12.7 Å². The van der Waals surface area contributed by atoms with Gasteiger partial charge in [0, 0.05) is 20.2 Å². The monoisotopic (exact) mass is 297 g/mol.